The molecule has 0 amide bonds. The fourth-order valence-corrected chi connectivity index (χ4v) is 3.53. The molecule has 2 aliphatic rings. The summed E-state index contributed by atoms with van der Waals surface area (Å²) in [7, 11) is 1.76. The van der Waals surface area contributed by atoms with Crippen molar-refractivity contribution in [2.45, 2.75) is 57.4 Å². The zero-order valence-corrected chi connectivity index (χ0v) is 13.3. The van der Waals surface area contributed by atoms with Crippen molar-refractivity contribution < 1.29 is 4.74 Å². The SMILES string of the molecule is COCCNCC1(Cc2ccn(C3CCCCC3)n2)CC1. The highest BCUT2D eigenvalue weighted by atomic mass is 16.5. The predicted octanol–water partition coefficient (Wildman–Crippen LogP) is 2.95. The van der Waals surface area contributed by atoms with Crippen LogP contribution in [0.2, 0.25) is 0 Å². The van der Waals surface area contributed by atoms with Crippen molar-refractivity contribution in [3.63, 3.8) is 0 Å². The van der Waals surface area contributed by atoms with Crippen LogP contribution in [-0.4, -0.2) is 36.6 Å². The molecule has 3 rings (SSSR count). The molecule has 0 spiro atoms. The molecule has 118 valence electrons. The van der Waals surface area contributed by atoms with Gasteiger partial charge in [0.05, 0.1) is 18.3 Å². The molecule has 4 heteroatoms. The maximum Gasteiger partial charge on any atom is 0.0630 e. The Morgan fingerprint density at radius 1 is 1.33 bits per heavy atom. The molecule has 1 aromatic rings. The van der Waals surface area contributed by atoms with Gasteiger partial charge in [-0.1, -0.05) is 19.3 Å². The minimum Gasteiger partial charge on any atom is -0.383 e. The Bertz CT molecular complexity index is 433. The van der Waals surface area contributed by atoms with E-state index in [9.17, 15) is 0 Å². The first-order chi connectivity index (χ1) is 10.3. The third kappa shape index (κ3) is 4.07. The average molecular weight is 291 g/mol. The lowest BCUT2D eigenvalue weighted by Crippen LogP contribution is -2.28. The third-order valence-electron chi connectivity index (χ3n) is 5.11. The highest BCUT2D eigenvalue weighted by molar-refractivity contribution is 5.09. The smallest absolute Gasteiger partial charge is 0.0630 e. The van der Waals surface area contributed by atoms with E-state index in [2.05, 4.69) is 22.3 Å². The lowest BCUT2D eigenvalue weighted by molar-refractivity contribution is 0.197. The highest BCUT2D eigenvalue weighted by Crippen LogP contribution is 2.47. The van der Waals surface area contributed by atoms with E-state index in [1.807, 2.05) is 0 Å². The molecule has 0 bridgehead atoms. The van der Waals surface area contributed by atoms with Crippen molar-refractivity contribution in [1.82, 2.24) is 15.1 Å². The summed E-state index contributed by atoms with van der Waals surface area (Å²) in [4.78, 5) is 0. The molecule has 0 aliphatic heterocycles. The zero-order valence-electron chi connectivity index (χ0n) is 13.3. The van der Waals surface area contributed by atoms with Crippen molar-refractivity contribution in [3.05, 3.63) is 18.0 Å². The quantitative estimate of drug-likeness (QED) is 0.749. The highest BCUT2D eigenvalue weighted by Gasteiger charge is 2.42. The maximum atomic E-state index is 5.09. The van der Waals surface area contributed by atoms with Gasteiger partial charge in [-0.3, -0.25) is 4.68 Å². The van der Waals surface area contributed by atoms with Crippen LogP contribution in [-0.2, 0) is 11.2 Å². The Kier molecular flexibility index (Phi) is 4.96. The van der Waals surface area contributed by atoms with Crippen LogP contribution in [0.3, 0.4) is 0 Å². The van der Waals surface area contributed by atoms with E-state index in [0.29, 0.717) is 11.5 Å². The Morgan fingerprint density at radius 3 is 2.86 bits per heavy atom. The molecule has 1 aromatic heterocycles. The van der Waals surface area contributed by atoms with Crippen LogP contribution in [0.25, 0.3) is 0 Å². The Labute approximate surface area is 128 Å². The molecular weight excluding hydrogens is 262 g/mol. The van der Waals surface area contributed by atoms with Gasteiger partial charge in [-0.2, -0.15) is 5.10 Å². The number of methoxy groups -OCH3 is 1. The van der Waals surface area contributed by atoms with Crippen LogP contribution < -0.4 is 5.32 Å². The molecule has 21 heavy (non-hydrogen) atoms. The zero-order chi connectivity index (χ0) is 14.5. The van der Waals surface area contributed by atoms with Crippen LogP contribution in [0.5, 0.6) is 0 Å². The van der Waals surface area contributed by atoms with Gasteiger partial charge in [0, 0.05) is 26.4 Å². The standard InChI is InChI=1S/C17H29N3O/c1-21-12-10-18-14-17(8-9-17)13-15-7-11-20(19-15)16-5-3-2-4-6-16/h7,11,16,18H,2-6,8-10,12-14H2,1H3. The number of aromatic nitrogens is 2. The Hall–Kier alpha value is -0.870. The van der Waals surface area contributed by atoms with Crippen molar-refractivity contribution in [1.29, 1.82) is 0 Å². The summed E-state index contributed by atoms with van der Waals surface area (Å²) in [6, 6.07) is 2.89. The third-order valence-corrected chi connectivity index (χ3v) is 5.11. The van der Waals surface area contributed by atoms with Crippen molar-refractivity contribution in [2.24, 2.45) is 5.41 Å². The second-order valence-electron chi connectivity index (χ2n) is 6.93. The molecular formula is C17H29N3O. The number of ether oxygens (including phenoxy) is 1. The summed E-state index contributed by atoms with van der Waals surface area (Å²) < 4.78 is 7.33. The van der Waals surface area contributed by atoms with Crippen molar-refractivity contribution >= 4 is 0 Å². The lowest BCUT2D eigenvalue weighted by atomic mass is 9.96. The van der Waals surface area contributed by atoms with Crippen LogP contribution >= 0.6 is 0 Å². The summed E-state index contributed by atoms with van der Waals surface area (Å²) >= 11 is 0. The van der Waals surface area contributed by atoms with E-state index in [-0.39, 0.29) is 0 Å². The van der Waals surface area contributed by atoms with E-state index in [1.165, 1.54) is 50.6 Å². The number of hydrogen-bond donors (Lipinski definition) is 1. The van der Waals surface area contributed by atoms with Gasteiger partial charge in [0.15, 0.2) is 0 Å². The lowest BCUT2D eigenvalue weighted by Gasteiger charge is -2.22. The maximum absolute atomic E-state index is 5.09. The van der Waals surface area contributed by atoms with Crippen molar-refractivity contribution in [2.75, 3.05) is 26.8 Å². The second-order valence-corrected chi connectivity index (χ2v) is 6.93. The first kappa shape index (κ1) is 15.0. The molecule has 4 nitrogen and oxygen atoms in total. The summed E-state index contributed by atoms with van der Waals surface area (Å²) in [6.07, 6.45) is 12.8. The monoisotopic (exact) mass is 291 g/mol. The largest absolute Gasteiger partial charge is 0.383 e. The van der Waals surface area contributed by atoms with Gasteiger partial charge in [0.1, 0.15) is 0 Å². The summed E-state index contributed by atoms with van der Waals surface area (Å²) in [5, 5.41) is 8.39. The first-order valence-electron chi connectivity index (χ1n) is 8.55. The molecule has 0 radical (unpaired) electrons. The van der Waals surface area contributed by atoms with E-state index in [0.717, 1.165) is 26.1 Å². The van der Waals surface area contributed by atoms with Crippen LogP contribution in [0.4, 0.5) is 0 Å². The molecule has 0 unspecified atom stereocenters. The van der Waals surface area contributed by atoms with Gasteiger partial charge in [-0.05, 0) is 43.6 Å². The van der Waals surface area contributed by atoms with Crippen LogP contribution in [0, 0.1) is 5.41 Å². The Morgan fingerprint density at radius 2 is 2.14 bits per heavy atom. The molecule has 1 N–H and O–H groups in total. The summed E-state index contributed by atoms with van der Waals surface area (Å²) in [6.45, 7) is 2.85. The van der Waals surface area contributed by atoms with Crippen LogP contribution in [0.1, 0.15) is 56.7 Å². The number of hydrogen-bond acceptors (Lipinski definition) is 3. The van der Waals surface area contributed by atoms with Gasteiger partial charge in [0.2, 0.25) is 0 Å². The average Bonchev–Trinajstić information content (AvgIpc) is 3.12. The second kappa shape index (κ2) is 6.93. The molecule has 2 saturated carbocycles. The van der Waals surface area contributed by atoms with Gasteiger partial charge in [-0.15, -0.1) is 0 Å². The minimum atomic E-state index is 0.472. The number of nitrogens with one attached hydrogen (secondary N) is 1. The number of nitrogens with zero attached hydrogens (tertiary/aromatic N) is 2. The van der Waals surface area contributed by atoms with Gasteiger partial charge >= 0.3 is 0 Å². The molecule has 0 aromatic carbocycles. The van der Waals surface area contributed by atoms with Gasteiger partial charge < -0.3 is 10.1 Å². The first-order valence-corrected chi connectivity index (χ1v) is 8.55. The van der Waals surface area contributed by atoms with Gasteiger partial charge in [0.25, 0.3) is 0 Å². The Balaban J connectivity index is 1.49. The summed E-state index contributed by atoms with van der Waals surface area (Å²) in [5.74, 6) is 0. The normalized spacial score (nSPS) is 21.6. The molecule has 0 saturated heterocycles. The van der Waals surface area contributed by atoms with Gasteiger partial charge in [-0.25, -0.2) is 0 Å². The minimum absolute atomic E-state index is 0.472. The fraction of sp³-hybridized carbons (Fsp3) is 0.824. The number of rotatable bonds is 8. The topological polar surface area (TPSA) is 39.1 Å². The summed E-state index contributed by atoms with van der Waals surface area (Å²) in [5.41, 5.74) is 1.76. The van der Waals surface area contributed by atoms with Crippen molar-refractivity contribution in [3.8, 4) is 0 Å². The van der Waals surface area contributed by atoms with E-state index in [4.69, 9.17) is 9.84 Å². The van der Waals surface area contributed by atoms with E-state index >= 15 is 0 Å². The molecule has 1 heterocycles. The fourth-order valence-electron chi connectivity index (χ4n) is 3.53. The predicted molar refractivity (Wildman–Crippen MR) is 84.5 cm³/mol. The molecule has 2 fully saturated rings. The van der Waals surface area contributed by atoms with E-state index in [1.54, 1.807) is 7.11 Å². The van der Waals surface area contributed by atoms with E-state index < -0.39 is 0 Å². The molecule has 2 aliphatic carbocycles. The van der Waals surface area contributed by atoms with Crippen LogP contribution in [0.15, 0.2) is 12.3 Å². The molecule has 0 atom stereocenters.